The minimum atomic E-state index is -0.0410. The predicted molar refractivity (Wildman–Crippen MR) is 56.2 cm³/mol. The SMILES string of the molecule is CC(C)(S)c1ccc(Br)cc1. The van der Waals surface area contributed by atoms with Gasteiger partial charge in [0.15, 0.2) is 0 Å². The molecule has 0 aliphatic carbocycles. The Bertz CT molecular complexity index is 233. The first-order valence-corrected chi connectivity index (χ1v) is 4.72. The van der Waals surface area contributed by atoms with E-state index in [1.165, 1.54) is 5.56 Å². The third-order valence-electron chi connectivity index (χ3n) is 1.55. The molecule has 0 aliphatic heterocycles. The van der Waals surface area contributed by atoms with Gasteiger partial charge in [0.2, 0.25) is 0 Å². The van der Waals surface area contributed by atoms with E-state index in [-0.39, 0.29) is 4.75 Å². The maximum absolute atomic E-state index is 4.46. The largest absolute Gasteiger partial charge is 0.168 e. The highest BCUT2D eigenvalue weighted by molar-refractivity contribution is 9.10. The molecule has 0 aromatic heterocycles. The molecule has 11 heavy (non-hydrogen) atoms. The zero-order valence-corrected chi connectivity index (χ0v) is 9.12. The lowest BCUT2D eigenvalue weighted by Crippen LogP contribution is -2.06. The normalized spacial score (nSPS) is 11.6. The molecule has 1 aromatic rings. The van der Waals surface area contributed by atoms with Crippen LogP contribution in [0.15, 0.2) is 28.7 Å². The summed E-state index contributed by atoms with van der Waals surface area (Å²) in [6, 6.07) is 8.23. The minimum absolute atomic E-state index is 0.0410. The molecule has 0 aliphatic rings. The van der Waals surface area contributed by atoms with Gasteiger partial charge < -0.3 is 0 Å². The highest BCUT2D eigenvalue weighted by Gasteiger charge is 2.13. The molecular formula is C9H11BrS. The smallest absolute Gasteiger partial charge is 0.0322 e. The van der Waals surface area contributed by atoms with Crippen LogP contribution in [0.1, 0.15) is 19.4 Å². The maximum atomic E-state index is 4.46. The summed E-state index contributed by atoms with van der Waals surface area (Å²) in [5, 5.41) is 0. The van der Waals surface area contributed by atoms with Gasteiger partial charge in [0.25, 0.3) is 0 Å². The Morgan fingerprint density at radius 2 is 1.64 bits per heavy atom. The van der Waals surface area contributed by atoms with Crippen LogP contribution in [0.3, 0.4) is 0 Å². The van der Waals surface area contributed by atoms with Crippen molar-refractivity contribution >= 4 is 28.6 Å². The first-order chi connectivity index (χ1) is 5.00. The van der Waals surface area contributed by atoms with Crippen LogP contribution in [-0.4, -0.2) is 0 Å². The van der Waals surface area contributed by atoms with Crippen LogP contribution in [0.2, 0.25) is 0 Å². The highest BCUT2D eigenvalue weighted by Crippen LogP contribution is 2.27. The number of hydrogen-bond acceptors (Lipinski definition) is 1. The zero-order chi connectivity index (χ0) is 8.48. The maximum Gasteiger partial charge on any atom is 0.0322 e. The van der Waals surface area contributed by atoms with E-state index in [0.29, 0.717) is 0 Å². The van der Waals surface area contributed by atoms with Gasteiger partial charge in [0.1, 0.15) is 0 Å². The summed E-state index contributed by atoms with van der Waals surface area (Å²) in [7, 11) is 0. The van der Waals surface area contributed by atoms with Gasteiger partial charge in [-0.05, 0) is 31.5 Å². The molecule has 0 atom stereocenters. The third-order valence-corrected chi connectivity index (χ3v) is 2.34. The zero-order valence-electron chi connectivity index (χ0n) is 6.63. The molecule has 60 valence electrons. The molecule has 0 amide bonds. The van der Waals surface area contributed by atoms with E-state index in [0.717, 1.165) is 4.47 Å². The van der Waals surface area contributed by atoms with Crippen molar-refractivity contribution in [1.82, 2.24) is 0 Å². The third kappa shape index (κ3) is 2.53. The van der Waals surface area contributed by atoms with E-state index >= 15 is 0 Å². The summed E-state index contributed by atoms with van der Waals surface area (Å²) in [5.74, 6) is 0. The van der Waals surface area contributed by atoms with E-state index in [4.69, 9.17) is 0 Å². The van der Waals surface area contributed by atoms with Crippen molar-refractivity contribution < 1.29 is 0 Å². The lowest BCUT2D eigenvalue weighted by molar-refractivity contribution is 0.791. The van der Waals surface area contributed by atoms with Crippen LogP contribution < -0.4 is 0 Å². The molecule has 0 fully saturated rings. The van der Waals surface area contributed by atoms with E-state index < -0.39 is 0 Å². The second-order valence-electron chi connectivity index (χ2n) is 3.07. The van der Waals surface area contributed by atoms with Gasteiger partial charge in [-0.2, -0.15) is 12.6 Å². The number of halogens is 1. The average Bonchev–Trinajstić information content (AvgIpc) is 1.86. The standard InChI is InChI=1S/C9H11BrS/c1-9(2,11)7-3-5-8(10)6-4-7/h3-6,11H,1-2H3. The average molecular weight is 231 g/mol. The van der Waals surface area contributed by atoms with Crippen LogP contribution in [0.4, 0.5) is 0 Å². The Balaban J connectivity index is 2.99. The summed E-state index contributed by atoms with van der Waals surface area (Å²) in [6.45, 7) is 4.17. The van der Waals surface area contributed by atoms with Gasteiger partial charge in [-0.3, -0.25) is 0 Å². The van der Waals surface area contributed by atoms with Gasteiger partial charge in [-0.15, -0.1) is 0 Å². The van der Waals surface area contributed by atoms with Crippen molar-refractivity contribution in [2.45, 2.75) is 18.6 Å². The lowest BCUT2D eigenvalue weighted by Gasteiger charge is -2.17. The van der Waals surface area contributed by atoms with Crippen molar-refractivity contribution in [1.29, 1.82) is 0 Å². The molecule has 1 aromatic carbocycles. The molecule has 0 unspecified atom stereocenters. The number of benzene rings is 1. The molecule has 0 heterocycles. The summed E-state index contributed by atoms with van der Waals surface area (Å²) in [4.78, 5) is 0. The van der Waals surface area contributed by atoms with Crippen LogP contribution in [0.25, 0.3) is 0 Å². The van der Waals surface area contributed by atoms with Crippen LogP contribution in [-0.2, 0) is 4.75 Å². The van der Waals surface area contributed by atoms with Gasteiger partial charge >= 0.3 is 0 Å². The molecule has 0 bridgehead atoms. The Kier molecular flexibility index (Phi) is 2.66. The van der Waals surface area contributed by atoms with Crippen molar-refractivity contribution in [2.24, 2.45) is 0 Å². The fourth-order valence-corrected chi connectivity index (χ4v) is 1.27. The van der Waals surface area contributed by atoms with Gasteiger partial charge in [-0.25, -0.2) is 0 Å². The second kappa shape index (κ2) is 3.20. The molecule has 0 saturated heterocycles. The van der Waals surface area contributed by atoms with Crippen molar-refractivity contribution in [2.75, 3.05) is 0 Å². The van der Waals surface area contributed by atoms with Crippen molar-refractivity contribution in [3.8, 4) is 0 Å². The van der Waals surface area contributed by atoms with Gasteiger partial charge in [0, 0.05) is 9.22 Å². The summed E-state index contributed by atoms with van der Waals surface area (Å²) < 4.78 is 1.07. The number of rotatable bonds is 1. The number of hydrogen-bond donors (Lipinski definition) is 1. The second-order valence-corrected chi connectivity index (χ2v) is 5.10. The molecular weight excluding hydrogens is 220 g/mol. The van der Waals surface area contributed by atoms with E-state index in [2.05, 4.69) is 54.5 Å². The fourth-order valence-electron chi connectivity index (χ4n) is 0.858. The summed E-state index contributed by atoms with van der Waals surface area (Å²) in [6.07, 6.45) is 0. The topological polar surface area (TPSA) is 0 Å². The molecule has 0 radical (unpaired) electrons. The predicted octanol–water partition coefficient (Wildman–Crippen LogP) is 3.61. The summed E-state index contributed by atoms with van der Waals surface area (Å²) >= 11 is 7.85. The lowest BCUT2D eigenvalue weighted by atomic mass is 10.0. The minimum Gasteiger partial charge on any atom is -0.168 e. The van der Waals surface area contributed by atoms with Crippen LogP contribution >= 0.6 is 28.6 Å². The van der Waals surface area contributed by atoms with Gasteiger partial charge in [0.05, 0.1) is 0 Å². The van der Waals surface area contributed by atoms with Crippen molar-refractivity contribution in [3.05, 3.63) is 34.3 Å². The molecule has 2 heteroatoms. The van der Waals surface area contributed by atoms with Gasteiger partial charge in [-0.1, -0.05) is 28.1 Å². The molecule has 0 nitrogen and oxygen atoms in total. The molecule has 0 N–H and O–H groups in total. The van der Waals surface area contributed by atoms with Crippen molar-refractivity contribution in [3.63, 3.8) is 0 Å². The van der Waals surface area contributed by atoms with Crippen LogP contribution in [0.5, 0.6) is 0 Å². The first kappa shape index (κ1) is 9.14. The Labute approximate surface area is 81.5 Å². The molecule has 0 spiro atoms. The number of thiol groups is 1. The molecule has 0 saturated carbocycles. The molecule has 1 rings (SSSR count). The monoisotopic (exact) mass is 230 g/mol. The van der Waals surface area contributed by atoms with E-state index in [9.17, 15) is 0 Å². The fraction of sp³-hybridized carbons (Fsp3) is 0.333. The first-order valence-electron chi connectivity index (χ1n) is 3.48. The highest BCUT2D eigenvalue weighted by atomic mass is 79.9. The van der Waals surface area contributed by atoms with Crippen LogP contribution in [0, 0.1) is 0 Å². The van der Waals surface area contributed by atoms with E-state index in [1.807, 2.05) is 12.1 Å². The summed E-state index contributed by atoms with van der Waals surface area (Å²) in [5.41, 5.74) is 1.24. The Hall–Kier alpha value is 0.0500. The Morgan fingerprint density at radius 1 is 1.18 bits per heavy atom. The Morgan fingerprint density at radius 3 is 2.00 bits per heavy atom. The van der Waals surface area contributed by atoms with E-state index in [1.54, 1.807) is 0 Å². The quantitative estimate of drug-likeness (QED) is 0.701.